The van der Waals surface area contributed by atoms with E-state index in [0.717, 1.165) is 38.9 Å². The van der Waals surface area contributed by atoms with Gasteiger partial charge in [0.05, 0.1) is 16.9 Å². The Hall–Kier alpha value is -3.60. The predicted octanol–water partition coefficient (Wildman–Crippen LogP) is 3.86. The van der Waals surface area contributed by atoms with Gasteiger partial charge in [-0.2, -0.15) is 5.10 Å². The molecule has 0 amide bonds. The number of aromatic nitrogens is 4. The van der Waals surface area contributed by atoms with Gasteiger partial charge in [0.25, 0.3) is 5.56 Å². The lowest BCUT2D eigenvalue weighted by Crippen LogP contribution is -2.15. The molecule has 25 heavy (non-hydrogen) atoms. The van der Waals surface area contributed by atoms with Crippen molar-refractivity contribution in [2.24, 2.45) is 0 Å². The van der Waals surface area contributed by atoms with Crippen LogP contribution in [0.3, 0.4) is 0 Å². The van der Waals surface area contributed by atoms with E-state index in [2.05, 4.69) is 27.3 Å². The van der Waals surface area contributed by atoms with E-state index in [9.17, 15) is 4.79 Å². The van der Waals surface area contributed by atoms with Crippen LogP contribution in [0.25, 0.3) is 38.9 Å². The van der Waals surface area contributed by atoms with Crippen LogP contribution in [0, 0.1) is 0 Å². The van der Waals surface area contributed by atoms with Crippen LogP contribution in [0.4, 0.5) is 0 Å². The van der Waals surface area contributed by atoms with Crippen molar-refractivity contribution >= 4 is 21.8 Å². The lowest BCUT2D eigenvalue weighted by Gasteiger charge is -2.04. The third kappa shape index (κ3) is 2.17. The van der Waals surface area contributed by atoms with E-state index in [4.69, 9.17) is 0 Å². The Morgan fingerprint density at radius 3 is 2.64 bits per heavy atom. The number of pyridine rings is 1. The lowest BCUT2D eigenvalue weighted by molar-refractivity contribution is 0.991. The summed E-state index contributed by atoms with van der Waals surface area (Å²) < 4.78 is 1.61. The molecule has 5 rings (SSSR count). The zero-order chi connectivity index (χ0) is 16.8. The first kappa shape index (κ1) is 13.8. The third-order valence-corrected chi connectivity index (χ3v) is 4.43. The van der Waals surface area contributed by atoms with Crippen molar-refractivity contribution in [2.45, 2.75) is 0 Å². The molecule has 5 nitrogen and oxygen atoms in total. The average Bonchev–Trinajstić information content (AvgIpc) is 3.25. The molecule has 5 heteroatoms. The van der Waals surface area contributed by atoms with Gasteiger partial charge in [0.2, 0.25) is 0 Å². The van der Waals surface area contributed by atoms with Crippen LogP contribution in [0.2, 0.25) is 0 Å². The van der Waals surface area contributed by atoms with Crippen LogP contribution in [-0.4, -0.2) is 19.7 Å². The minimum atomic E-state index is -0.0581. The van der Waals surface area contributed by atoms with Gasteiger partial charge in [-0.25, -0.2) is 0 Å². The van der Waals surface area contributed by atoms with Crippen LogP contribution in [0.15, 0.2) is 77.7 Å². The van der Waals surface area contributed by atoms with Crippen molar-refractivity contribution in [1.29, 1.82) is 0 Å². The summed E-state index contributed by atoms with van der Waals surface area (Å²) in [6.45, 7) is 0. The van der Waals surface area contributed by atoms with E-state index in [1.165, 1.54) is 0 Å². The molecule has 0 radical (unpaired) electrons. The number of para-hydroxylation sites is 1. The van der Waals surface area contributed by atoms with Gasteiger partial charge in [-0.15, -0.1) is 0 Å². The zero-order valence-electron chi connectivity index (χ0n) is 13.2. The smallest absolute Gasteiger partial charge is 0.255 e. The van der Waals surface area contributed by atoms with Gasteiger partial charge in [0.1, 0.15) is 5.69 Å². The number of fused-ring (bicyclic) bond motifs is 2. The van der Waals surface area contributed by atoms with E-state index in [0.29, 0.717) is 0 Å². The Balaban J connectivity index is 1.67. The maximum Gasteiger partial charge on any atom is 0.255 e. The quantitative estimate of drug-likeness (QED) is 0.517. The summed E-state index contributed by atoms with van der Waals surface area (Å²) in [6, 6.07) is 21.2. The predicted molar refractivity (Wildman–Crippen MR) is 99.0 cm³/mol. The molecule has 0 aliphatic heterocycles. The fourth-order valence-electron chi connectivity index (χ4n) is 3.20. The molecule has 0 unspecified atom stereocenters. The molecule has 120 valence electrons. The molecule has 0 bridgehead atoms. The molecule has 5 aromatic rings. The topological polar surface area (TPSA) is 66.5 Å². The van der Waals surface area contributed by atoms with Gasteiger partial charge in [-0.1, -0.05) is 24.3 Å². The maximum absolute atomic E-state index is 12.0. The van der Waals surface area contributed by atoms with Crippen molar-refractivity contribution in [2.75, 3.05) is 0 Å². The summed E-state index contributed by atoms with van der Waals surface area (Å²) in [5.74, 6) is 0. The van der Waals surface area contributed by atoms with Crippen LogP contribution in [-0.2, 0) is 0 Å². The first-order valence-corrected chi connectivity index (χ1v) is 8.04. The Bertz CT molecular complexity index is 1240. The number of H-pyrrole nitrogens is 2. The van der Waals surface area contributed by atoms with E-state index >= 15 is 0 Å². The number of nitrogens with zero attached hydrogens (tertiary/aromatic N) is 2. The normalized spacial score (nSPS) is 11.4. The molecule has 0 aliphatic rings. The zero-order valence-corrected chi connectivity index (χ0v) is 13.2. The van der Waals surface area contributed by atoms with Gasteiger partial charge in [0.15, 0.2) is 0 Å². The van der Waals surface area contributed by atoms with Gasteiger partial charge in [-0.3, -0.25) is 14.5 Å². The fraction of sp³-hybridized carbons (Fsp3) is 0. The Labute approximate surface area is 142 Å². The van der Waals surface area contributed by atoms with Crippen molar-refractivity contribution in [3.05, 3.63) is 83.3 Å². The largest absolute Gasteiger partial charge is 0.353 e. The molecule has 0 saturated carbocycles. The Kier molecular flexibility index (Phi) is 2.87. The number of benzene rings is 2. The molecule has 2 N–H and O–H groups in total. The van der Waals surface area contributed by atoms with E-state index in [1.54, 1.807) is 22.9 Å². The van der Waals surface area contributed by atoms with Gasteiger partial charge in [0, 0.05) is 28.6 Å². The van der Waals surface area contributed by atoms with Crippen molar-refractivity contribution < 1.29 is 0 Å². The Morgan fingerprint density at radius 1 is 0.880 bits per heavy atom. The van der Waals surface area contributed by atoms with Gasteiger partial charge < -0.3 is 4.98 Å². The van der Waals surface area contributed by atoms with E-state index in [1.807, 2.05) is 42.5 Å². The number of hydrogen-bond donors (Lipinski definition) is 2. The molecule has 0 aliphatic carbocycles. The number of nitrogens with one attached hydrogen (secondary N) is 2. The van der Waals surface area contributed by atoms with E-state index in [-0.39, 0.29) is 5.56 Å². The van der Waals surface area contributed by atoms with Gasteiger partial charge >= 0.3 is 0 Å². The standard InChI is InChI=1S/C20H14N4O/c25-19-7-3-4-10-24(19)14-8-9-15-17(12-14)22-23-20(15)18-11-13-5-1-2-6-16(13)21-18/h1-12,21H,(H,22,23). The molecule has 3 aromatic heterocycles. The minimum absolute atomic E-state index is 0.0581. The maximum atomic E-state index is 12.0. The van der Waals surface area contributed by atoms with Gasteiger partial charge in [-0.05, 0) is 36.4 Å². The molecule has 3 heterocycles. The summed E-state index contributed by atoms with van der Waals surface area (Å²) >= 11 is 0. The van der Waals surface area contributed by atoms with Crippen molar-refractivity contribution in [1.82, 2.24) is 19.7 Å². The summed E-state index contributed by atoms with van der Waals surface area (Å²) in [7, 11) is 0. The second-order valence-electron chi connectivity index (χ2n) is 5.98. The molecular weight excluding hydrogens is 312 g/mol. The van der Waals surface area contributed by atoms with Crippen molar-refractivity contribution in [3.8, 4) is 17.1 Å². The summed E-state index contributed by atoms with van der Waals surface area (Å²) in [5, 5.41) is 9.72. The molecular formula is C20H14N4O. The first-order valence-electron chi connectivity index (χ1n) is 8.04. The Morgan fingerprint density at radius 2 is 1.76 bits per heavy atom. The second kappa shape index (κ2) is 5.21. The number of aromatic amines is 2. The molecule has 2 aromatic carbocycles. The minimum Gasteiger partial charge on any atom is -0.353 e. The molecule has 0 atom stereocenters. The van der Waals surface area contributed by atoms with Crippen LogP contribution < -0.4 is 5.56 Å². The molecule has 0 fully saturated rings. The second-order valence-corrected chi connectivity index (χ2v) is 5.98. The highest BCUT2D eigenvalue weighted by molar-refractivity contribution is 5.96. The third-order valence-electron chi connectivity index (χ3n) is 4.43. The summed E-state index contributed by atoms with van der Waals surface area (Å²) in [5.41, 5.74) is 4.57. The highest BCUT2D eigenvalue weighted by Gasteiger charge is 2.11. The lowest BCUT2D eigenvalue weighted by atomic mass is 10.1. The van der Waals surface area contributed by atoms with Crippen LogP contribution in [0.1, 0.15) is 0 Å². The SMILES string of the molecule is O=c1ccccn1-c1ccc2c(-c3cc4ccccc4[nH]3)n[nH]c2c1. The fourth-order valence-corrected chi connectivity index (χ4v) is 3.20. The average molecular weight is 326 g/mol. The molecule has 0 spiro atoms. The van der Waals surface area contributed by atoms with Crippen LogP contribution >= 0.6 is 0 Å². The number of rotatable bonds is 2. The summed E-state index contributed by atoms with van der Waals surface area (Å²) in [4.78, 5) is 15.4. The van der Waals surface area contributed by atoms with E-state index < -0.39 is 0 Å². The van der Waals surface area contributed by atoms with Crippen LogP contribution in [0.5, 0.6) is 0 Å². The highest BCUT2D eigenvalue weighted by Crippen LogP contribution is 2.29. The number of hydrogen-bond acceptors (Lipinski definition) is 2. The monoisotopic (exact) mass is 326 g/mol. The van der Waals surface area contributed by atoms with Crippen molar-refractivity contribution in [3.63, 3.8) is 0 Å². The summed E-state index contributed by atoms with van der Waals surface area (Å²) in [6.07, 6.45) is 1.76. The first-order chi connectivity index (χ1) is 12.3. The highest BCUT2D eigenvalue weighted by atomic mass is 16.1. The molecule has 0 saturated heterocycles.